The Balaban J connectivity index is 2.89. The Labute approximate surface area is 119 Å². The van der Waals surface area contributed by atoms with E-state index in [2.05, 4.69) is 0 Å². The fourth-order valence-electron chi connectivity index (χ4n) is 2.20. The van der Waals surface area contributed by atoms with Gasteiger partial charge in [-0.1, -0.05) is 32.9 Å². The third-order valence-electron chi connectivity index (χ3n) is 4.05. The Bertz CT molecular complexity index is 514. The van der Waals surface area contributed by atoms with Crippen LogP contribution in [-0.2, 0) is 10.2 Å². The summed E-state index contributed by atoms with van der Waals surface area (Å²) in [7, 11) is 0. The lowest BCUT2D eigenvalue weighted by Gasteiger charge is -2.29. The van der Waals surface area contributed by atoms with Crippen LogP contribution in [0, 0.1) is 16.7 Å². The molecule has 0 aliphatic rings. The molecule has 108 valence electrons. The second kappa shape index (κ2) is 5.96. The van der Waals surface area contributed by atoms with Gasteiger partial charge in [-0.3, -0.25) is 4.79 Å². The lowest BCUT2D eigenvalue weighted by Crippen LogP contribution is -2.31. The molecule has 2 N–H and O–H groups in total. The molecule has 0 aliphatic heterocycles. The molecule has 4 nitrogen and oxygen atoms in total. The summed E-state index contributed by atoms with van der Waals surface area (Å²) in [5.74, 6) is -0.848. The van der Waals surface area contributed by atoms with E-state index in [0.29, 0.717) is 19.3 Å². The number of carboxylic acid groups (broad SMARTS) is 1. The molecule has 0 bridgehead atoms. The summed E-state index contributed by atoms with van der Waals surface area (Å²) in [6.45, 7) is 5.75. The van der Waals surface area contributed by atoms with E-state index in [-0.39, 0.29) is 11.2 Å². The summed E-state index contributed by atoms with van der Waals surface area (Å²) < 4.78 is 0. The summed E-state index contributed by atoms with van der Waals surface area (Å²) >= 11 is 0. The minimum Gasteiger partial charge on any atom is -0.508 e. The van der Waals surface area contributed by atoms with E-state index in [1.54, 1.807) is 19.1 Å². The largest absolute Gasteiger partial charge is 0.508 e. The lowest BCUT2D eigenvalue weighted by molar-refractivity contribution is -0.146. The van der Waals surface area contributed by atoms with Gasteiger partial charge in [0.2, 0.25) is 0 Å². The fourth-order valence-corrected chi connectivity index (χ4v) is 2.20. The summed E-state index contributed by atoms with van der Waals surface area (Å²) in [4.78, 5) is 11.3. The standard InChI is InChI=1S/C16H21NO3/c1-4-16(11-17,14(19)20)10-9-15(2,3)12-5-7-13(18)8-6-12/h5-8,18H,4,9-10H2,1-3H3,(H,19,20). The van der Waals surface area contributed by atoms with Crippen LogP contribution >= 0.6 is 0 Å². The maximum absolute atomic E-state index is 11.3. The molecule has 0 aromatic heterocycles. The van der Waals surface area contributed by atoms with Crippen LogP contribution in [0.2, 0.25) is 0 Å². The zero-order valence-electron chi connectivity index (χ0n) is 12.2. The normalized spacial score (nSPS) is 14.3. The van der Waals surface area contributed by atoms with Gasteiger partial charge in [0.25, 0.3) is 0 Å². The molecule has 0 radical (unpaired) electrons. The molecule has 1 aromatic carbocycles. The summed E-state index contributed by atoms with van der Waals surface area (Å²) in [6, 6.07) is 8.85. The number of hydrogen-bond acceptors (Lipinski definition) is 3. The predicted octanol–water partition coefficient (Wildman–Crippen LogP) is 3.45. The topological polar surface area (TPSA) is 81.3 Å². The van der Waals surface area contributed by atoms with Crippen molar-refractivity contribution in [2.45, 2.75) is 45.4 Å². The van der Waals surface area contributed by atoms with Crippen LogP contribution in [0.5, 0.6) is 5.75 Å². The van der Waals surface area contributed by atoms with E-state index in [1.165, 1.54) is 0 Å². The number of nitrogens with zero attached hydrogens (tertiary/aromatic N) is 1. The SMILES string of the molecule is CCC(C#N)(CCC(C)(C)c1ccc(O)cc1)C(=O)O. The first kappa shape index (κ1) is 16.0. The molecular formula is C16H21NO3. The zero-order chi connectivity index (χ0) is 15.4. The van der Waals surface area contributed by atoms with E-state index in [0.717, 1.165) is 5.56 Å². The van der Waals surface area contributed by atoms with Gasteiger partial charge in [-0.15, -0.1) is 0 Å². The van der Waals surface area contributed by atoms with Gasteiger partial charge in [-0.2, -0.15) is 5.26 Å². The van der Waals surface area contributed by atoms with Crippen molar-refractivity contribution in [1.29, 1.82) is 5.26 Å². The van der Waals surface area contributed by atoms with Crippen LogP contribution in [0.1, 0.15) is 45.6 Å². The molecular weight excluding hydrogens is 254 g/mol. The van der Waals surface area contributed by atoms with Gasteiger partial charge in [0.15, 0.2) is 5.41 Å². The minimum absolute atomic E-state index is 0.204. The van der Waals surface area contributed by atoms with Crippen LogP contribution in [0.4, 0.5) is 0 Å². The molecule has 0 aliphatic carbocycles. The average molecular weight is 275 g/mol. The Morgan fingerprint density at radius 3 is 2.20 bits per heavy atom. The van der Waals surface area contributed by atoms with Crippen LogP contribution < -0.4 is 0 Å². The summed E-state index contributed by atoms with van der Waals surface area (Å²) in [6.07, 6.45) is 1.19. The second-order valence-electron chi connectivity index (χ2n) is 5.78. The van der Waals surface area contributed by atoms with Gasteiger partial charge in [0.05, 0.1) is 6.07 Å². The van der Waals surface area contributed by atoms with Gasteiger partial charge in [-0.25, -0.2) is 0 Å². The van der Waals surface area contributed by atoms with E-state index in [9.17, 15) is 20.3 Å². The number of rotatable bonds is 6. The highest BCUT2D eigenvalue weighted by molar-refractivity contribution is 5.77. The monoisotopic (exact) mass is 275 g/mol. The number of hydrogen-bond donors (Lipinski definition) is 2. The number of phenolic OH excluding ortho intramolecular Hbond substituents is 1. The quantitative estimate of drug-likeness (QED) is 0.833. The molecule has 1 atom stereocenters. The molecule has 1 aromatic rings. The molecule has 0 amide bonds. The number of carboxylic acids is 1. The summed E-state index contributed by atoms with van der Waals surface area (Å²) in [5, 5.41) is 27.8. The van der Waals surface area contributed by atoms with Crippen LogP contribution in [-0.4, -0.2) is 16.2 Å². The van der Waals surface area contributed by atoms with Crippen molar-refractivity contribution >= 4 is 5.97 Å². The first-order valence-electron chi connectivity index (χ1n) is 6.71. The molecule has 0 spiro atoms. The van der Waals surface area contributed by atoms with Gasteiger partial charge in [0, 0.05) is 0 Å². The Hall–Kier alpha value is -2.02. The van der Waals surface area contributed by atoms with Gasteiger partial charge >= 0.3 is 5.97 Å². The number of benzene rings is 1. The van der Waals surface area contributed by atoms with Crippen molar-refractivity contribution in [3.8, 4) is 11.8 Å². The molecule has 0 saturated heterocycles. The Morgan fingerprint density at radius 2 is 1.80 bits per heavy atom. The molecule has 0 saturated carbocycles. The molecule has 20 heavy (non-hydrogen) atoms. The van der Waals surface area contributed by atoms with E-state index in [1.807, 2.05) is 32.0 Å². The molecule has 4 heteroatoms. The van der Waals surface area contributed by atoms with Crippen LogP contribution in [0.25, 0.3) is 0 Å². The van der Waals surface area contributed by atoms with Gasteiger partial charge in [0.1, 0.15) is 5.75 Å². The van der Waals surface area contributed by atoms with E-state index >= 15 is 0 Å². The van der Waals surface area contributed by atoms with E-state index < -0.39 is 11.4 Å². The molecule has 1 rings (SSSR count). The maximum Gasteiger partial charge on any atom is 0.324 e. The maximum atomic E-state index is 11.3. The molecule has 1 unspecified atom stereocenters. The second-order valence-corrected chi connectivity index (χ2v) is 5.78. The predicted molar refractivity (Wildman–Crippen MR) is 76.3 cm³/mol. The van der Waals surface area contributed by atoms with Crippen molar-refractivity contribution in [1.82, 2.24) is 0 Å². The Kier molecular flexibility index (Phi) is 4.78. The number of aromatic hydroxyl groups is 1. The van der Waals surface area contributed by atoms with Crippen LogP contribution in [0.15, 0.2) is 24.3 Å². The molecule has 0 heterocycles. The van der Waals surface area contributed by atoms with E-state index in [4.69, 9.17) is 0 Å². The first-order valence-corrected chi connectivity index (χ1v) is 6.71. The first-order chi connectivity index (χ1) is 9.27. The third-order valence-corrected chi connectivity index (χ3v) is 4.05. The number of carbonyl (C=O) groups is 1. The van der Waals surface area contributed by atoms with Crippen molar-refractivity contribution < 1.29 is 15.0 Å². The summed E-state index contributed by atoms with van der Waals surface area (Å²) in [5.41, 5.74) is -0.544. The highest BCUT2D eigenvalue weighted by Gasteiger charge is 2.38. The molecule has 0 fully saturated rings. The van der Waals surface area contributed by atoms with Crippen molar-refractivity contribution in [3.05, 3.63) is 29.8 Å². The number of aliphatic carboxylic acids is 1. The van der Waals surface area contributed by atoms with Crippen molar-refractivity contribution in [3.63, 3.8) is 0 Å². The zero-order valence-corrected chi connectivity index (χ0v) is 12.2. The highest BCUT2D eigenvalue weighted by atomic mass is 16.4. The number of nitriles is 1. The van der Waals surface area contributed by atoms with Crippen LogP contribution in [0.3, 0.4) is 0 Å². The average Bonchev–Trinajstić information content (AvgIpc) is 2.40. The third kappa shape index (κ3) is 3.30. The Morgan fingerprint density at radius 1 is 1.25 bits per heavy atom. The van der Waals surface area contributed by atoms with Gasteiger partial charge in [-0.05, 0) is 42.4 Å². The minimum atomic E-state index is -1.31. The smallest absolute Gasteiger partial charge is 0.324 e. The highest BCUT2D eigenvalue weighted by Crippen LogP contribution is 2.36. The van der Waals surface area contributed by atoms with Crippen molar-refractivity contribution in [2.75, 3.05) is 0 Å². The number of phenols is 1. The van der Waals surface area contributed by atoms with Gasteiger partial charge < -0.3 is 10.2 Å². The lowest BCUT2D eigenvalue weighted by atomic mass is 9.73. The fraction of sp³-hybridized carbons (Fsp3) is 0.500. The van der Waals surface area contributed by atoms with Crippen molar-refractivity contribution in [2.24, 2.45) is 5.41 Å².